The molecule has 0 aliphatic heterocycles. The first kappa shape index (κ1) is 14.6. The first-order chi connectivity index (χ1) is 7.90. The van der Waals surface area contributed by atoms with E-state index in [1.54, 1.807) is 6.20 Å². The minimum Gasteiger partial charge on any atom is -0.326 e. The highest BCUT2D eigenvalue weighted by Crippen LogP contribution is 2.22. The van der Waals surface area contributed by atoms with Crippen molar-refractivity contribution in [2.45, 2.75) is 38.3 Å². The van der Waals surface area contributed by atoms with Crippen molar-refractivity contribution in [1.29, 1.82) is 0 Å². The number of aromatic nitrogens is 1. The van der Waals surface area contributed by atoms with Gasteiger partial charge in [-0.2, -0.15) is 0 Å². The van der Waals surface area contributed by atoms with Gasteiger partial charge in [0.15, 0.2) is 0 Å². The van der Waals surface area contributed by atoms with E-state index in [-0.39, 0.29) is 11.6 Å². The third-order valence-electron chi connectivity index (χ3n) is 3.75. The van der Waals surface area contributed by atoms with Crippen LogP contribution in [-0.2, 0) is 6.42 Å². The Kier molecular flexibility index (Phi) is 5.10. The fraction of sp³-hybridized carbons (Fsp3) is 0.615. The maximum Gasteiger partial charge on any atom is 0.0410 e. The summed E-state index contributed by atoms with van der Waals surface area (Å²) < 4.78 is 1.00. The zero-order valence-corrected chi connectivity index (χ0v) is 12.7. The number of hydrogen-bond donors (Lipinski definition) is 1. The second kappa shape index (κ2) is 5.94. The highest BCUT2D eigenvalue weighted by Gasteiger charge is 2.32. The summed E-state index contributed by atoms with van der Waals surface area (Å²) in [5.74, 6) is 0. The van der Waals surface area contributed by atoms with Crippen LogP contribution in [0.5, 0.6) is 0 Å². The van der Waals surface area contributed by atoms with Gasteiger partial charge in [0.1, 0.15) is 0 Å². The zero-order chi connectivity index (χ0) is 13.1. The van der Waals surface area contributed by atoms with Gasteiger partial charge >= 0.3 is 0 Å². The third-order valence-corrected chi connectivity index (χ3v) is 4.19. The molecule has 0 bridgehead atoms. The van der Waals surface area contributed by atoms with Crippen molar-refractivity contribution in [3.05, 3.63) is 28.5 Å². The van der Waals surface area contributed by atoms with Gasteiger partial charge in [-0.05, 0) is 61.4 Å². The van der Waals surface area contributed by atoms with Crippen molar-refractivity contribution in [2.75, 3.05) is 14.1 Å². The van der Waals surface area contributed by atoms with Crippen LogP contribution in [0, 0.1) is 0 Å². The predicted molar refractivity (Wildman–Crippen MR) is 76.0 cm³/mol. The van der Waals surface area contributed by atoms with E-state index in [0.29, 0.717) is 0 Å². The molecule has 0 saturated heterocycles. The van der Waals surface area contributed by atoms with Gasteiger partial charge in [0.25, 0.3) is 0 Å². The lowest BCUT2D eigenvalue weighted by Crippen LogP contribution is -2.55. The molecule has 1 rings (SSSR count). The van der Waals surface area contributed by atoms with Gasteiger partial charge in [0.2, 0.25) is 0 Å². The number of rotatable bonds is 5. The summed E-state index contributed by atoms with van der Waals surface area (Å²) in [6.07, 6.45) is 5.55. The molecular weight excluding hydrogens is 278 g/mol. The third kappa shape index (κ3) is 3.50. The molecule has 2 unspecified atom stereocenters. The Balaban J connectivity index is 2.81. The average Bonchev–Trinajstić information content (AvgIpc) is 2.27. The maximum atomic E-state index is 6.36. The van der Waals surface area contributed by atoms with Crippen molar-refractivity contribution < 1.29 is 0 Å². The van der Waals surface area contributed by atoms with Gasteiger partial charge in [-0.1, -0.05) is 6.92 Å². The first-order valence-corrected chi connectivity index (χ1v) is 6.72. The van der Waals surface area contributed by atoms with Gasteiger partial charge in [-0.15, -0.1) is 0 Å². The van der Waals surface area contributed by atoms with Crippen molar-refractivity contribution in [2.24, 2.45) is 5.73 Å². The molecule has 4 heteroatoms. The minimum absolute atomic E-state index is 0.0162. The van der Waals surface area contributed by atoms with Crippen molar-refractivity contribution >= 4 is 15.9 Å². The summed E-state index contributed by atoms with van der Waals surface area (Å²) in [6.45, 7) is 4.39. The van der Waals surface area contributed by atoms with E-state index in [1.165, 1.54) is 5.56 Å². The number of halogens is 1. The Bertz CT molecular complexity index is 367. The van der Waals surface area contributed by atoms with E-state index in [9.17, 15) is 0 Å². The quantitative estimate of drug-likeness (QED) is 0.908. The van der Waals surface area contributed by atoms with E-state index in [4.69, 9.17) is 5.73 Å². The van der Waals surface area contributed by atoms with Crippen LogP contribution < -0.4 is 5.73 Å². The molecule has 0 radical (unpaired) electrons. The fourth-order valence-corrected chi connectivity index (χ4v) is 2.36. The lowest BCUT2D eigenvalue weighted by molar-refractivity contribution is 0.131. The van der Waals surface area contributed by atoms with Crippen LogP contribution in [0.3, 0.4) is 0 Å². The van der Waals surface area contributed by atoms with Crippen molar-refractivity contribution in [1.82, 2.24) is 9.88 Å². The van der Waals surface area contributed by atoms with Crippen LogP contribution in [0.2, 0.25) is 0 Å². The molecule has 96 valence electrons. The molecule has 1 aromatic rings. The number of hydrogen-bond acceptors (Lipinski definition) is 3. The molecule has 0 aromatic carbocycles. The first-order valence-electron chi connectivity index (χ1n) is 5.92. The second-order valence-electron chi connectivity index (χ2n) is 4.93. The highest BCUT2D eigenvalue weighted by atomic mass is 79.9. The molecule has 3 nitrogen and oxygen atoms in total. The largest absolute Gasteiger partial charge is 0.326 e. The van der Waals surface area contributed by atoms with E-state index >= 15 is 0 Å². The molecule has 0 saturated carbocycles. The topological polar surface area (TPSA) is 42.1 Å². The van der Waals surface area contributed by atoms with Crippen LogP contribution in [-0.4, -0.2) is 35.6 Å². The molecule has 2 atom stereocenters. The van der Waals surface area contributed by atoms with E-state index in [1.807, 2.05) is 6.20 Å². The van der Waals surface area contributed by atoms with Gasteiger partial charge in [-0.25, -0.2) is 0 Å². The number of nitrogens with two attached hydrogens (primary N) is 1. The number of nitrogens with zero attached hydrogens (tertiary/aromatic N) is 2. The number of pyridine rings is 1. The lowest BCUT2D eigenvalue weighted by Gasteiger charge is -2.41. The summed E-state index contributed by atoms with van der Waals surface area (Å²) in [7, 11) is 4.17. The van der Waals surface area contributed by atoms with Crippen molar-refractivity contribution in [3.63, 3.8) is 0 Å². The van der Waals surface area contributed by atoms with Crippen LogP contribution in [0.4, 0.5) is 0 Å². The van der Waals surface area contributed by atoms with E-state index in [2.05, 4.69) is 59.8 Å². The Morgan fingerprint density at radius 3 is 2.59 bits per heavy atom. The fourth-order valence-electron chi connectivity index (χ4n) is 1.95. The van der Waals surface area contributed by atoms with Crippen LogP contribution in [0.25, 0.3) is 0 Å². The van der Waals surface area contributed by atoms with Crippen LogP contribution >= 0.6 is 15.9 Å². The zero-order valence-electron chi connectivity index (χ0n) is 11.1. The molecule has 0 fully saturated rings. The minimum atomic E-state index is 0.0162. The van der Waals surface area contributed by atoms with E-state index < -0.39 is 0 Å². The van der Waals surface area contributed by atoms with Crippen molar-refractivity contribution in [3.8, 4) is 0 Å². The summed E-state index contributed by atoms with van der Waals surface area (Å²) in [5.41, 5.74) is 7.55. The second-order valence-corrected chi connectivity index (χ2v) is 5.84. The molecule has 17 heavy (non-hydrogen) atoms. The predicted octanol–water partition coefficient (Wildman–Crippen LogP) is 2.44. The Morgan fingerprint density at radius 1 is 1.47 bits per heavy atom. The van der Waals surface area contributed by atoms with E-state index in [0.717, 1.165) is 17.3 Å². The normalized spacial score (nSPS) is 16.9. The smallest absolute Gasteiger partial charge is 0.0410 e. The molecule has 0 amide bonds. The Morgan fingerprint density at radius 2 is 2.12 bits per heavy atom. The molecule has 0 spiro atoms. The molecule has 0 aliphatic carbocycles. The number of likely N-dealkylation sites (N-methyl/N-ethyl adjacent to an activating group) is 1. The standard InChI is InChI=1S/C13H22BrN3/c1-5-13(2,17(3)4)12(15)7-10-6-11(14)9-16-8-10/h6,8-9,12H,5,7,15H2,1-4H3. The summed E-state index contributed by atoms with van der Waals surface area (Å²) in [5, 5.41) is 0. The van der Waals surface area contributed by atoms with Gasteiger partial charge in [-0.3, -0.25) is 4.98 Å². The Labute approximate surface area is 113 Å². The highest BCUT2D eigenvalue weighted by molar-refractivity contribution is 9.10. The van der Waals surface area contributed by atoms with Crippen LogP contribution in [0.1, 0.15) is 25.8 Å². The van der Waals surface area contributed by atoms with Gasteiger partial charge < -0.3 is 10.6 Å². The lowest BCUT2D eigenvalue weighted by atomic mass is 9.85. The van der Waals surface area contributed by atoms with Crippen LogP contribution in [0.15, 0.2) is 22.9 Å². The van der Waals surface area contributed by atoms with Gasteiger partial charge in [0.05, 0.1) is 0 Å². The maximum absolute atomic E-state index is 6.36. The summed E-state index contributed by atoms with van der Waals surface area (Å²) in [6, 6.07) is 2.18. The monoisotopic (exact) mass is 299 g/mol. The molecule has 1 aromatic heterocycles. The molecule has 2 N–H and O–H groups in total. The Hall–Kier alpha value is -0.450. The SMILES string of the molecule is CCC(C)(C(N)Cc1cncc(Br)c1)N(C)C. The summed E-state index contributed by atoms with van der Waals surface area (Å²) >= 11 is 3.43. The summed E-state index contributed by atoms with van der Waals surface area (Å²) in [4.78, 5) is 6.39. The molecular formula is C13H22BrN3. The average molecular weight is 300 g/mol. The molecule has 0 aliphatic rings. The molecule has 1 heterocycles. The van der Waals surface area contributed by atoms with Gasteiger partial charge in [0, 0.05) is 28.4 Å².